The number of halogens is 1. The van der Waals surface area contributed by atoms with Gasteiger partial charge in [0, 0.05) is 25.6 Å². The Labute approximate surface area is 104 Å². The molecule has 1 amide bonds. The van der Waals surface area contributed by atoms with E-state index in [1.54, 1.807) is 0 Å². The van der Waals surface area contributed by atoms with E-state index in [4.69, 9.17) is 0 Å². The summed E-state index contributed by atoms with van der Waals surface area (Å²) in [5.41, 5.74) is 0. The molecule has 7 heteroatoms. The highest BCUT2D eigenvalue weighted by molar-refractivity contribution is 5.78. The first-order valence-corrected chi connectivity index (χ1v) is 5.98. The van der Waals surface area contributed by atoms with E-state index in [0.29, 0.717) is 25.5 Å². The lowest BCUT2D eigenvalue weighted by Crippen LogP contribution is -2.32. The molecule has 2 heterocycles. The third kappa shape index (κ3) is 3.06. The van der Waals surface area contributed by atoms with Gasteiger partial charge in [-0.2, -0.15) is 4.98 Å². The monoisotopic (exact) mass is 253 g/mol. The van der Waals surface area contributed by atoms with E-state index in [1.807, 2.05) is 6.92 Å². The lowest BCUT2D eigenvalue weighted by molar-refractivity contribution is -0.119. The van der Waals surface area contributed by atoms with E-state index in [2.05, 4.69) is 25.9 Å². The Balaban J connectivity index is 1.95. The van der Waals surface area contributed by atoms with Gasteiger partial charge in [0.2, 0.25) is 11.9 Å². The molecule has 1 saturated heterocycles. The Kier molecular flexibility index (Phi) is 3.91. The summed E-state index contributed by atoms with van der Waals surface area (Å²) >= 11 is 0. The first-order valence-electron chi connectivity index (χ1n) is 5.98. The average molecular weight is 253 g/mol. The maximum Gasteiger partial charge on any atom is 0.224 e. The molecule has 1 atom stereocenters. The molecule has 98 valence electrons. The smallest absolute Gasteiger partial charge is 0.224 e. The molecule has 0 saturated carbocycles. The summed E-state index contributed by atoms with van der Waals surface area (Å²) in [6, 6.07) is 0.0365. The van der Waals surface area contributed by atoms with E-state index < -0.39 is 5.82 Å². The van der Waals surface area contributed by atoms with Crippen LogP contribution in [0, 0.1) is 5.82 Å². The Morgan fingerprint density at radius 1 is 1.56 bits per heavy atom. The van der Waals surface area contributed by atoms with Gasteiger partial charge in [-0.1, -0.05) is 0 Å². The molecule has 0 bridgehead atoms. The number of nitrogens with zero attached hydrogens (tertiary/aromatic N) is 2. The molecule has 1 unspecified atom stereocenters. The van der Waals surface area contributed by atoms with Crippen molar-refractivity contribution in [3.05, 3.63) is 12.0 Å². The molecule has 1 fully saturated rings. The largest absolute Gasteiger partial charge is 0.365 e. The van der Waals surface area contributed by atoms with E-state index in [0.717, 1.165) is 12.6 Å². The van der Waals surface area contributed by atoms with Crippen molar-refractivity contribution in [2.24, 2.45) is 0 Å². The second-order valence-corrected chi connectivity index (χ2v) is 4.10. The summed E-state index contributed by atoms with van der Waals surface area (Å²) in [5, 5.41) is 8.61. The summed E-state index contributed by atoms with van der Waals surface area (Å²) in [4.78, 5) is 18.9. The first kappa shape index (κ1) is 12.5. The molecule has 0 aliphatic carbocycles. The zero-order valence-electron chi connectivity index (χ0n) is 10.2. The normalized spacial score (nSPS) is 18.6. The van der Waals surface area contributed by atoms with Crippen LogP contribution in [0.1, 0.15) is 19.8 Å². The number of hydrogen-bond donors (Lipinski definition) is 3. The predicted molar refractivity (Wildman–Crippen MR) is 65.8 cm³/mol. The molecule has 0 spiro atoms. The molecule has 0 radical (unpaired) electrons. The van der Waals surface area contributed by atoms with Crippen molar-refractivity contribution in [2.75, 3.05) is 23.7 Å². The second-order valence-electron chi connectivity index (χ2n) is 4.10. The van der Waals surface area contributed by atoms with Crippen LogP contribution in [0.4, 0.5) is 16.2 Å². The average Bonchev–Trinajstić information content (AvgIpc) is 2.76. The zero-order chi connectivity index (χ0) is 13.0. The second kappa shape index (κ2) is 5.61. The van der Waals surface area contributed by atoms with Crippen LogP contribution in [0.3, 0.4) is 0 Å². The van der Waals surface area contributed by atoms with Crippen molar-refractivity contribution in [3.8, 4) is 0 Å². The van der Waals surface area contributed by atoms with Gasteiger partial charge in [-0.25, -0.2) is 9.37 Å². The summed E-state index contributed by atoms with van der Waals surface area (Å²) < 4.78 is 13.5. The van der Waals surface area contributed by atoms with Gasteiger partial charge in [0.1, 0.15) is 0 Å². The van der Waals surface area contributed by atoms with Crippen LogP contribution in [0.15, 0.2) is 6.20 Å². The molecule has 3 N–H and O–H groups in total. The predicted octanol–water partition coefficient (Wildman–Crippen LogP) is 0.738. The van der Waals surface area contributed by atoms with Gasteiger partial charge in [0.05, 0.1) is 6.20 Å². The van der Waals surface area contributed by atoms with Crippen LogP contribution in [0.2, 0.25) is 0 Å². The highest BCUT2D eigenvalue weighted by Gasteiger charge is 2.20. The number of carbonyl (C=O) groups excluding carboxylic acids is 1. The third-order valence-electron chi connectivity index (χ3n) is 2.68. The van der Waals surface area contributed by atoms with Gasteiger partial charge in [-0.15, -0.1) is 0 Å². The molecule has 18 heavy (non-hydrogen) atoms. The van der Waals surface area contributed by atoms with Crippen molar-refractivity contribution in [1.29, 1.82) is 0 Å². The van der Waals surface area contributed by atoms with Gasteiger partial charge in [-0.05, 0) is 13.3 Å². The number of carbonyl (C=O) groups is 1. The molecule has 1 aliphatic rings. The Morgan fingerprint density at radius 3 is 3.06 bits per heavy atom. The Hall–Kier alpha value is -1.92. The molecule has 6 nitrogen and oxygen atoms in total. The number of amides is 1. The summed E-state index contributed by atoms with van der Waals surface area (Å²) in [5.74, 6) is 0.0817. The fraction of sp³-hybridized carbons (Fsp3) is 0.545. The SMILES string of the molecule is CCNc1ncc(F)c(NCC2CCC(=O)N2)n1. The van der Waals surface area contributed by atoms with Crippen LogP contribution < -0.4 is 16.0 Å². The van der Waals surface area contributed by atoms with Crippen LogP contribution in [-0.4, -0.2) is 35.0 Å². The minimum Gasteiger partial charge on any atom is -0.365 e. The van der Waals surface area contributed by atoms with E-state index in [9.17, 15) is 9.18 Å². The summed E-state index contributed by atoms with van der Waals surface area (Å²) in [6.07, 6.45) is 2.42. The molecule has 2 rings (SSSR count). The Bertz CT molecular complexity index is 439. The minimum absolute atomic E-state index is 0.0365. The quantitative estimate of drug-likeness (QED) is 0.721. The lowest BCUT2D eigenvalue weighted by Gasteiger charge is -2.12. The van der Waals surface area contributed by atoms with Crippen molar-refractivity contribution < 1.29 is 9.18 Å². The van der Waals surface area contributed by atoms with E-state index in [1.165, 1.54) is 0 Å². The van der Waals surface area contributed by atoms with Crippen molar-refractivity contribution in [2.45, 2.75) is 25.8 Å². The van der Waals surface area contributed by atoms with E-state index >= 15 is 0 Å². The zero-order valence-corrected chi connectivity index (χ0v) is 10.2. The molecule has 0 aromatic carbocycles. The fourth-order valence-electron chi connectivity index (χ4n) is 1.78. The lowest BCUT2D eigenvalue weighted by atomic mass is 10.2. The molecular weight excluding hydrogens is 237 g/mol. The third-order valence-corrected chi connectivity index (χ3v) is 2.68. The van der Waals surface area contributed by atoms with Gasteiger partial charge in [0.25, 0.3) is 0 Å². The van der Waals surface area contributed by atoms with Crippen LogP contribution in [0.25, 0.3) is 0 Å². The molecule has 1 aliphatic heterocycles. The molecular formula is C11H16FN5O. The first-order chi connectivity index (χ1) is 8.69. The maximum absolute atomic E-state index is 13.5. The van der Waals surface area contributed by atoms with Crippen molar-refractivity contribution in [3.63, 3.8) is 0 Å². The Morgan fingerprint density at radius 2 is 2.39 bits per heavy atom. The van der Waals surface area contributed by atoms with Crippen molar-refractivity contribution in [1.82, 2.24) is 15.3 Å². The standard InChI is InChI=1S/C11H16FN5O/c1-2-13-11-15-6-8(12)10(17-11)14-5-7-3-4-9(18)16-7/h6-7H,2-5H2,1H3,(H,16,18)(H2,13,14,15,17). The number of anilines is 2. The minimum atomic E-state index is -0.499. The van der Waals surface area contributed by atoms with Crippen LogP contribution >= 0.6 is 0 Å². The highest BCUT2D eigenvalue weighted by Crippen LogP contribution is 2.13. The number of nitrogens with one attached hydrogen (secondary N) is 3. The van der Waals surface area contributed by atoms with Crippen LogP contribution in [-0.2, 0) is 4.79 Å². The number of rotatable bonds is 5. The topological polar surface area (TPSA) is 78.9 Å². The van der Waals surface area contributed by atoms with Crippen molar-refractivity contribution >= 4 is 17.7 Å². The molecule has 1 aromatic rings. The van der Waals surface area contributed by atoms with Gasteiger partial charge in [-0.3, -0.25) is 4.79 Å². The number of hydrogen-bond acceptors (Lipinski definition) is 5. The van der Waals surface area contributed by atoms with Gasteiger partial charge < -0.3 is 16.0 Å². The van der Waals surface area contributed by atoms with Gasteiger partial charge >= 0.3 is 0 Å². The fourth-order valence-corrected chi connectivity index (χ4v) is 1.78. The summed E-state index contributed by atoms with van der Waals surface area (Å²) in [7, 11) is 0. The summed E-state index contributed by atoms with van der Waals surface area (Å²) in [6.45, 7) is 3.04. The number of aromatic nitrogens is 2. The van der Waals surface area contributed by atoms with Gasteiger partial charge in [0.15, 0.2) is 11.6 Å². The highest BCUT2D eigenvalue weighted by atomic mass is 19.1. The van der Waals surface area contributed by atoms with Crippen LogP contribution in [0.5, 0.6) is 0 Å². The molecule has 1 aromatic heterocycles. The maximum atomic E-state index is 13.5. The van der Waals surface area contributed by atoms with E-state index in [-0.39, 0.29) is 17.8 Å².